The maximum absolute atomic E-state index is 12.9. The molecule has 0 N–H and O–H groups in total. The monoisotopic (exact) mass is 601 g/mol. The zero-order valence-electron chi connectivity index (χ0n) is 25.5. The lowest BCUT2D eigenvalue weighted by atomic mass is 9.91. The molecule has 0 amide bonds. The van der Waals surface area contributed by atoms with Gasteiger partial charge in [0.05, 0.1) is 23.6 Å². The van der Waals surface area contributed by atoms with Crippen LogP contribution in [0.1, 0.15) is 56.0 Å². The minimum absolute atomic E-state index is 0.0591. The van der Waals surface area contributed by atoms with Crippen LogP contribution in [0.25, 0.3) is 11.0 Å². The van der Waals surface area contributed by atoms with Crippen LogP contribution in [0.2, 0.25) is 5.02 Å². The number of ether oxygens (including phenoxy) is 2. The number of benzene rings is 3. The van der Waals surface area contributed by atoms with E-state index in [0.29, 0.717) is 24.2 Å². The van der Waals surface area contributed by atoms with E-state index in [1.165, 1.54) is 24.0 Å². The zero-order valence-corrected chi connectivity index (χ0v) is 26.3. The molecule has 1 saturated heterocycles. The largest absolute Gasteiger partial charge is 0.486 e. The summed E-state index contributed by atoms with van der Waals surface area (Å²) in [6.45, 7) is 8.61. The Hall–Kier alpha value is -3.35. The van der Waals surface area contributed by atoms with Crippen LogP contribution in [0, 0.1) is 18.8 Å². The summed E-state index contributed by atoms with van der Waals surface area (Å²) in [7, 11) is 0. The molecule has 43 heavy (non-hydrogen) atoms. The Morgan fingerprint density at radius 1 is 1.07 bits per heavy atom. The van der Waals surface area contributed by atoms with Crippen LogP contribution in [0.4, 0.5) is 0 Å². The van der Waals surface area contributed by atoms with Crippen LogP contribution < -0.4 is 4.74 Å². The highest BCUT2D eigenvalue weighted by Crippen LogP contribution is 2.26. The average Bonchev–Trinajstić information content (AvgIpc) is 3.38. The summed E-state index contributed by atoms with van der Waals surface area (Å²) in [5.74, 6) is 2.20. The van der Waals surface area contributed by atoms with Gasteiger partial charge >= 0.3 is 5.97 Å². The lowest BCUT2D eigenvalue weighted by molar-refractivity contribution is -0.149. The van der Waals surface area contributed by atoms with Crippen molar-refractivity contribution in [2.45, 2.75) is 65.5 Å². The van der Waals surface area contributed by atoms with E-state index in [2.05, 4.69) is 58.9 Å². The molecule has 3 aromatic carbocycles. The number of halogens is 1. The van der Waals surface area contributed by atoms with Crippen molar-refractivity contribution in [2.24, 2.45) is 11.8 Å². The number of nitrogens with zero attached hydrogens (tertiary/aromatic N) is 3. The predicted molar refractivity (Wildman–Crippen MR) is 174 cm³/mol. The topological polar surface area (TPSA) is 56.6 Å². The second-order valence-electron chi connectivity index (χ2n) is 11.7. The molecule has 2 heterocycles. The van der Waals surface area contributed by atoms with E-state index >= 15 is 0 Å². The molecule has 7 heteroatoms. The number of rotatable bonds is 14. The first-order valence-corrected chi connectivity index (χ1v) is 16.1. The van der Waals surface area contributed by atoms with E-state index in [1.807, 2.05) is 37.3 Å². The summed E-state index contributed by atoms with van der Waals surface area (Å²) < 4.78 is 13.9. The van der Waals surface area contributed by atoms with E-state index in [9.17, 15) is 4.79 Å². The number of carbonyl (C=O) groups is 1. The van der Waals surface area contributed by atoms with E-state index in [1.54, 1.807) is 0 Å². The van der Waals surface area contributed by atoms with Gasteiger partial charge in [0, 0.05) is 24.7 Å². The highest BCUT2D eigenvalue weighted by atomic mass is 35.5. The molecule has 2 unspecified atom stereocenters. The molecule has 5 rings (SSSR count). The molecule has 4 aromatic rings. The second kappa shape index (κ2) is 15.4. The first kappa shape index (κ1) is 31.1. The third kappa shape index (κ3) is 8.61. The van der Waals surface area contributed by atoms with Crippen LogP contribution in [-0.4, -0.2) is 46.7 Å². The van der Waals surface area contributed by atoms with Crippen molar-refractivity contribution in [3.05, 3.63) is 94.8 Å². The van der Waals surface area contributed by atoms with Crippen LogP contribution in [0.15, 0.2) is 72.8 Å². The Morgan fingerprint density at radius 3 is 2.67 bits per heavy atom. The van der Waals surface area contributed by atoms with Crippen molar-refractivity contribution in [2.75, 3.05) is 26.2 Å². The van der Waals surface area contributed by atoms with Crippen LogP contribution in [-0.2, 0) is 29.1 Å². The number of hydrogen-bond donors (Lipinski definition) is 0. The number of likely N-dealkylation sites (tertiary alicyclic amines) is 1. The average molecular weight is 602 g/mol. The molecule has 1 aliphatic heterocycles. The zero-order chi connectivity index (χ0) is 30.0. The minimum atomic E-state index is -0.0948. The first-order chi connectivity index (χ1) is 21.0. The summed E-state index contributed by atoms with van der Waals surface area (Å²) in [6.07, 6.45) is 6.34. The van der Waals surface area contributed by atoms with Crippen LogP contribution >= 0.6 is 11.6 Å². The van der Waals surface area contributed by atoms with Gasteiger partial charge in [0.15, 0.2) is 0 Å². The maximum Gasteiger partial charge on any atom is 0.310 e. The fraction of sp³-hybridized carbons (Fsp3) is 0.444. The number of para-hydroxylation sites is 1. The van der Waals surface area contributed by atoms with Crippen molar-refractivity contribution >= 4 is 28.6 Å². The molecule has 0 saturated carbocycles. The fourth-order valence-electron chi connectivity index (χ4n) is 6.31. The Labute approximate surface area is 261 Å². The lowest BCUT2D eigenvalue weighted by Crippen LogP contribution is -2.41. The van der Waals surface area contributed by atoms with Gasteiger partial charge in [0.2, 0.25) is 0 Å². The van der Waals surface area contributed by atoms with Crippen molar-refractivity contribution < 1.29 is 14.3 Å². The number of piperidine rings is 1. The molecule has 1 fully saturated rings. The Balaban J connectivity index is 1.18. The Morgan fingerprint density at radius 2 is 1.88 bits per heavy atom. The fourth-order valence-corrected chi connectivity index (χ4v) is 6.43. The van der Waals surface area contributed by atoms with Gasteiger partial charge < -0.3 is 18.9 Å². The normalized spacial score (nSPS) is 16.3. The highest BCUT2D eigenvalue weighted by Gasteiger charge is 2.27. The van der Waals surface area contributed by atoms with E-state index in [4.69, 9.17) is 26.1 Å². The number of esters is 1. The Kier molecular flexibility index (Phi) is 11.1. The van der Waals surface area contributed by atoms with E-state index < -0.39 is 0 Å². The number of aromatic nitrogens is 2. The number of fused-ring (bicyclic) bond motifs is 1. The van der Waals surface area contributed by atoms with Gasteiger partial charge in [-0.05, 0) is 106 Å². The molecular weight excluding hydrogens is 558 g/mol. The molecule has 0 bridgehead atoms. The molecule has 0 radical (unpaired) electrons. The number of hydrogen-bond acceptors (Lipinski definition) is 5. The summed E-state index contributed by atoms with van der Waals surface area (Å²) in [4.78, 5) is 20.4. The van der Waals surface area contributed by atoms with Crippen molar-refractivity contribution in [3.8, 4) is 5.75 Å². The summed E-state index contributed by atoms with van der Waals surface area (Å²) >= 11 is 6.05. The van der Waals surface area contributed by atoms with Gasteiger partial charge in [-0.1, -0.05) is 54.1 Å². The first-order valence-electron chi connectivity index (χ1n) is 15.8. The van der Waals surface area contributed by atoms with Crippen molar-refractivity contribution in [1.29, 1.82) is 0 Å². The summed E-state index contributed by atoms with van der Waals surface area (Å²) in [6, 6.07) is 24.3. The molecule has 2 atom stereocenters. The third-order valence-electron chi connectivity index (χ3n) is 8.56. The van der Waals surface area contributed by atoms with Gasteiger partial charge in [-0.15, -0.1) is 0 Å². The number of carbonyl (C=O) groups excluding carboxylic acids is 1. The number of aryl methyl sites for hydroxylation is 3. The SMILES string of the molecule is CCOC(=O)C(CCc1ccccc1)CN1CCCC(CCCn2c(COc3ccc(Cl)cc3)nc3c(C)cccc32)C1. The van der Waals surface area contributed by atoms with E-state index in [-0.39, 0.29) is 11.9 Å². The van der Waals surface area contributed by atoms with Crippen LogP contribution in [0.5, 0.6) is 5.75 Å². The lowest BCUT2D eigenvalue weighted by Gasteiger charge is -2.34. The molecule has 6 nitrogen and oxygen atoms in total. The van der Waals surface area contributed by atoms with Gasteiger partial charge in [-0.25, -0.2) is 4.98 Å². The standard InChI is InChI=1S/C36H44ClN3O3/c1-3-42-36(41)30(17-16-28-11-5-4-6-12-28)25-39-22-8-13-29(24-39)14-9-23-40-33-15-7-10-27(2)35(33)38-34(40)26-43-32-20-18-31(37)19-21-32/h4-7,10-12,15,18-21,29-30H,3,8-9,13-14,16-17,22-26H2,1-2H3. The van der Waals surface area contributed by atoms with E-state index in [0.717, 1.165) is 74.5 Å². The smallest absolute Gasteiger partial charge is 0.310 e. The summed E-state index contributed by atoms with van der Waals surface area (Å²) in [5.41, 5.74) is 4.65. The van der Waals surface area contributed by atoms with Gasteiger partial charge in [0.1, 0.15) is 18.2 Å². The van der Waals surface area contributed by atoms with Crippen molar-refractivity contribution in [1.82, 2.24) is 14.5 Å². The maximum atomic E-state index is 12.9. The molecule has 1 aromatic heterocycles. The second-order valence-corrected chi connectivity index (χ2v) is 12.2. The summed E-state index contributed by atoms with van der Waals surface area (Å²) in [5, 5.41) is 0.695. The Bertz CT molecular complexity index is 1450. The minimum Gasteiger partial charge on any atom is -0.486 e. The quantitative estimate of drug-likeness (QED) is 0.138. The van der Waals surface area contributed by atoms with Gasteiger partial charge in [-0.3, -0.25) is 4.79 Å². The number of imidazole rings is 1. The predicted octanol–water partition coefficient (Wildman–Crippen LogP) is 7.88. The third-order valence-corrected chi connectivity index (χ3v) is 8.81. The molecule has 228 valence electrons. The van der Waals surface area contributed by atoms with Gasteiger partial charge in [-0.2, -0.15) is 0 Å². The molecule has 0 spiro atoms. The molecule has 0 aliphatic carbocycles. The van der Waals surface area contributed by atoms with Gasteiger partial charge in [0.25, 0.3) is 0 Å². The van der Waals surface area contributed by atoms with Crippen molar-refractivity contribution in [3.63, 3.8) is 0 Å². The van der Waals surface area contributed by atoms with Crippen LogP contribution in [0.3, 0.4) is 0 Å². The highest BCUT2D eigenvalue weighted by molar-refractivity contribution is 6.30. The molecule has 1 aliphatic rings. The molecular formula is C36H44ClN3O3.